The minimum absolute atomic E-state index is 0.0274. The summed E-state index contributed by atoms with van der Waals surface area (Å²) in [6.07, 6.45) is 3.20. The molecule has 0 spiro atoms. The maximum atomic E-state index is 12.7. The summed E-state index contributed by atoms with van der Waals surface area (Å²) in [7, 11) is 4.04. The smallest absolute Gasteiger partial charge is 0.242 e. The summed E-state index contributed by atoms with van der Waals surface area (Å²) in [5, 5.41) is 3.08. The van der Waals surface area contributed by atoms with E-state index in [0.717, 1.165) is 19.3 Å². The number of hydrogen-bond donors (Lipinski definition) is 1. The molecule has 0 aliphatic carbocycles. The van der Waals surface area contributed by atoms with Gasteiger partial charge in [0.05, 0.1) is 6.04 Å². The van der Waals surface area contributed by atoms with E-state index in [-0.39, 0.29) is 23.9 Å². The van der Waals surface area contributed by atoms with Gasteiger partial charge >= 0.3 is 0 Å². The van der Waals surface area contributed by atoms with Crippen LogP contribution in [-0.4, -0.2) is 54.8 Å². The van der Waals surface area contributed by atoms with Gasteiger partial charge < -0.3 is 15.1 Å². The quantitative estimate of drug-likeness (QED) is 0.862. The monoisotopic (exact) mass is 345 g/mol. The van der Waals surface area contributed by atoms with Crippen molar-refractivity contribution in [1.82, 2.24) is 15.1 Å². The third kappa shape index (κ3) is 5.05. The largest absolute Gasteiger partial charge is 0.352 e. The van der Waals surface area contributed by atoms with E-state index in [1.54, 1.807) is 4.90 Å². The Hall–Kier alpha value is -1.88. The number of benzene rings is 1. The van der Waals surface area contributed by atoms with Crippen LogP contribution >= 0.6 is 0 Å². The van der Waals surface area contributed by atoms with E-state index in [9.17, 15) is 9.59 Å². The van der Waals surface area contributed by atoms with Crippen LogP contribution in [0.15, 0.2) is 24.3 Å². The van der Waals surface area contributed by atoms with Crippen LogP contribution < -0.4 is 5.32 Å². The van der Waals surface area contributed by atoms with Crippen molar-refractivity contribution in [2.45, 2.75) is 51.6 Å². The van der Waals surface area contributed by atoms with Crippen molar-refractivity contribution in [1.29, 1.82) is 0 Å². The van der Waals surface area contributed by atoms with Crippen molar-refractivity contribution in [2.75, 3.05) is 27.2 Å². The van der Waals surface area contributed by atoms with Gasteiger partial charge in [-0.1, -0.05) is 36.8 Å². The Morgan fingerprint density at radius 1 is 1.24 bits per heavy atom. The first-order valence-electron chi connectivity index (χ1n) is 9.24. The van der Waals surface area contributed by atoms with Crippen LogP contribution in [0, 0.1) is 6.92 Å². The van der Waals surface area contributed by atoms with Gasteiger partial charge in [-0.25, -0.2) is 0 Å². The van der Waals surface area contributed by atoms with Gasteiger partial charge in [-0.3, -0.25) is 9.59 Å². The molecule has 0 bridgehead atoms. The zero-order valence-electron chi connectivity index (χ0n) is 15.9. The molecule has 2 amide bonds. The number of carbonyl (C=O) groups is 2. The summed E-state index contributed by atoms with van der Waals surface area (Å²) in [5.41, 5.74) is 2.40. The second kappa shape index (κ2) is 8.99. The zero-order chi connectivity index (χ0) is 18.4. The van der Waals surface area contributed by atoms with Crippen LogP contribution in [0.3, 0.4) is 0 Å². The van der Waals surface area contributed by atoms with Gasteiger partial charge in [-0.05, 0) is 45.8 Å². The maximum absolute atomic E-state index is 12.7. The highest BCUT2D eigenvalue weighted by Gasteiger charge is 2.31. The summed E-state index contributed by atoms with van der Waals surface area (Å²) in [4.78, 5) is 28.7. The highest BCUT2D eigenvalue weighted by molar-refractivity contribution is 5.87. The molecule has 5 heteroatoms. The van der Waals surface area contributed by atoms with Gasteiger partial charge in [0.15, 0.2) is 0 Å². The van der Waals surface area contributed by atoms with E-state index in [1.165, 1.54) is 11.1 Å². The second-order valence-electron chi connectivity index (χ2n) is 7.09. The second-order valence-corrected chi connectivity index (χ2v) is 7.09. The lowest BCUT2D eigenvalue weighted by atomic mass is 10.00. The fourth-order valence-electron chi connectivity index (χ4n) is 3.41. The SMILES string of the molecule is CCC(=O)N1CCCCC1C(=O)NCC(c1ccc(C)cc1)N(C)C. The maximum Gasteiger partial charge on any atom is 0.242 e. The Morgan fingerprint density at radius 2 is 1.92 bits per heavy atom. The van der Waals surface area contributed by atoms with Crippen LogP contribution in [0.4, 0.5) is 0 Å². The molecule has 1 aromatic carbocycles. The van der Waals surface area contributed by atoms with Gasteiger partial charge in [0.25, 0.3) is 0 Å². The van der Waals surface area contributed by atoms with Crippen LogP contribution in [0.25, 0.3) is 0 Å². The molecule has 25 heavy (non-hydrogen) atoms. The standard InChI is InChI=1S/C20H31N3O2/c1-5-19(24)23-13-7-6-8-17(23)20(25)21-14-18(22(3)4)16-11-9-15(2)10-12-16/h9-12,17-18H,5-8,13-14H2,1-4H3,(H,21,25). The number of likely N-dealkylation sites (tertiary alicyclic amines) is 1. The van der Waals surface area contributed by atoms with Crippen molar-refractivity contribution in [3.63, 3.8) is 0 Å². The minimum Gasteiger partial charge on any atom is -0.352 e. The van der Waals surface area contributed by atoms with Gasteiger partial charge in [0, 0.05) is 19.5 Å². The lowest BCUT2D eigenvalue weighted by molar-refractivity contribution is -0.142. The summed E-state index contributed by atoms with van der Waals surface area (Å²) >= 11 is 0. The molecule has 1 N–H and O–H groups in total. The summed E-state index contributed by atoms with van der Waals surface area (Å²) in [5.74, 6) is 0.0444. The molecular formula is C20H31N3O2. The number of aryl methyl sites for hydroxylation is 1. The normalized spacial score (nSPS) is 18.9. The van der Waals surface area contributed by atoms with Crippen molar-refractivity contribution >= 4 is 11.8 Å². The molecule has 1 saturated heterocycles. The number of nitrogens with zero attached hydrogens (tertiary/aromatic N) is 2. The lowest BCUT2D eigenvalue weighted by Crippen LogP contribution is -2.52. The molecule has 138 valence electrons. The predicted octanol–water partition coefficient (Wildman–Crippen LogP) is 2.51. The number of rotatable bonds is 6. The summed E-state index contributed by atoms with van der Waals surface area (Å²) in [6, 6.07) is 8.21. The first kappa shape index (κ1) is 19.4. The summed E-state index contributed by atoms with van der Waals surface area (Å²) < 4.78 is 0. The number of amides is 2. The van der Waals surface area contributed by atoms with Crippen molar-refractivity contribution in [3.05, 3.63) is 35.4 Å². The van der Waals surface area contributed by atoms with E-state index in [2.05, 4.69) is 41.4 Å². The molecule has 0 radical (unpaired) electrons. The molecule has 2 rings (SSSR count). The van der Waals surface area contributed by atoms with E-state index in [4.69, 9.17) is 0 Å². The Bertz CT molecular complexity index is 583. The average Bonchev–Trinajstić information content (AvgIpc) is 2.62. The van der Waals surface area contributed by atoms with Gasteiger partial charge in [0.1, 0.15) is 6.04 Å². The van der Waals surface area contributed by atoms with E-state index >= 15 is 0 Å². The molecule has 0 saturated carbocycles. The number of likely N-dealkylation sites (N-methyl/N-ethyl adjacent to an activating group) is 1. The van der Waals surface area contributed by atoms with Crippen LogP contribution in [0.5, 0.6) is 0 Å². The number of carbonyl (C=O) groups excluding carboxylic acids is 2. The molecule has 1 heterocycles. The first-order chi connectivity index (χ1) is 11.9. The van der Waals surface area contributed by atoms with Crippen molar-refractivity contribution in [2.24, 2.45) is 0 Å². The van der Waals surface area contributed by atoms with Crippen molar-refractivity contribution in [3.8, 4) is 0 Å². The number of piperidine rings is 1. The Kier molecular flexibility index (Phi) is 7.00. The van der Waals surface area contributed by atoms with Crippen molar-refractivity contribution < 1.29 is 9.59 Å². The topological polar surface area (TPSA) is 52.7 Å². The number of nitrogens with one attached hydrogen (secondary N) is 1. The summed E-state index contributed by atoms with van der Waals surface area (Å²) in [6.45, 7) is 5.16. The molecule has 1 aliphatic heterocycles. The van der Waals surface area contributed by atoms with Crippen LogP contribution in [0.1, 0.15) is 49.8 Å². The Balaban J connectivity index is 2.02. The third-order valence-corrected chi connectivity index (χ3v) is 4.98. The van der Waals surface area contributed by atoms with Gasteiger partial charge in [-0.2, -0.15) is 0 Å². The Morgan fingerprint density at radius 3 is 2.52 bits per heavy atom. The molecule has 1 fully saturated rings. The minimum atomic E-state index is -0.318. The van der Waals surface area contributed by atoms with E-state index in [1.807, 2.05) is 21.0 Å². The molecule has 1 aromatic rings. The molecule has 0 aromatic heterocycles. The van der Waals surface area contributed by atoms with Gasteiger partial charge in [0.2, 0.25) is 11.8 Å². The lowest BCUT2D eigenvalue weighted by Gasteiger charge is -2.35. The zero-order valence-corrected chi connectivity index (χ0v) is 15.9. The average molecular weight is 345 g/mol. The van der Waals surface area contributed by atoms with Crippen LogP contribution in [0.2, 0.25) is 0 Å². The molecular weight excluding hydrogens is 314 g/mol. The first-order valence-corrected chi connectivity index (χ1v) is 9.24. The fourth-order valence-corrected chi connectivity index (χ4v) is 3.41. The molecule has 1 aliphatic rings. The fraction of sp³-hybridized carbons (Fsp3) is 0.600. The van der Waals surface area contributed by atoms with Crippen LogP contribution in [-0.2, 0) is 9.59 Å². The molecule has 2 unspecified atom stereocenters. The molecule has 2 atom stereocenters. The van der Waals surface area contributed by atoms with E-state index in [0.29, 0.717) is 19.5 Å². The Labute approximate surface area is 151 Å². The third-order valence-electron chi connectivity index (χ3n) is 4.98. The number of hydrogen-bond acceptors (Lipinski definition) is 3. The molecule has 5 nitrogen and oxygen atoms in total. The highest BCUT2D eigenvalue weighted by Crippen LogP contribution is 2.20. The van der Waals surface area contributed by atoms with Gasteiger partial charge in [-0.15, -0.1) is 0 Å². The predicted molar refractivity (Wildman–Crippen MR) is 100 cm³/mol. The highest BCUT2D eigenvalue weighted by atomic mass is 16.2. The van der Waals surface area contributed by atoms with E-state index < -0.39 is 0 Å².